The van der Waals surface area contributed by atoms with Gasteiger partial charge in [-0.3, -0.25) is 9.36 Å². The molecule has 3 N–H and O–H groups in total. The van der Waals surface area contributed by atoms with Gasteiger partial charge >= 0.3 is 13.3 Å². The van der Waals surface area contributed by atoms with Gasteiger partial charge in [-0.05, 0) is 36.0 Å². The molecule has 0 aromatic heterocycles. The van der Waals surface area contributed by atoms with Gasteiger partial charge in [0.2, 0.25) is 5.91 Å². The molecule has 1 saturated carbocycles. The minimum absolute atomic E-state index is 0.0300. The molecule has 2 atom stereocenters. The van der Waals surface area contributed by atoms with Crippen molar-refractivity contribution in [2.45, 2.75) is 24.4 Å². The van der Waals surface area contributed by atoms with E-state index in [1.54, 1.807) is 0 Å². The van der Waals surface area contributed by atoms with E-state index in [2.05, 4.69) is 21.2 Å². The Morgan fingerprint density at radius 2 is 1.89 bits per heavy atom. The number of hydrogen-bond acceptors (Lipinski definition) is 2. The molecule has 0 spiro atoms. The van der Waals surface area contributed by atoms with Gasteiger partial charge in [0.15, 0.2) is 0 Å². The maximum atomic E-state index is 13.8. The third-order valence-electron chi connectivity index (χ3n) is 4.79. The summed E-state index contributed by atoms with van der Waals surface area (Å²) < 4.78 is 38.6. The van der Waals surface area contributed by atoms with Crippen LogP contribution in [0.25, 0.3) is 0 Å². The van der Waals surface area contributed by atoms with Crippen LogP contribution in [0.2, 0.25) is 0 Å². The lowest BCUT2D eigenvalue weighted by Crippen LogP contribution is -2.27. The summed E-state index contributed by atoms with van der Waals surface area (Å²) in [7, 11) is -5.62. The van der Waals surface area contributed by atoms with Crippen LogP contribution in [0.4, 0.5) is 8.78 Å². The van der Waals surface area contributed by atoms with E-state index in [4.69, 9.17) is 9.79 Å². The Bertz CT molecular complexity index is 919. The summed E-state index contributed by atoms with van der Waals surface area (Å²) in [6.07, 6.45) is 1.22. The SMILES string of the molecule is O=C(NCCc1ccc(C(F)(F)P(=O)(O)O)c(Br)c1)[C@@H]1C[C@H]1c1ccccc1. The van der Waals surface area contributed by atoms with Gasteiger partial charge < -0.3 is 15.1 Å². The van der Waals surface area contributed by atoms with Gasteiger partial charge in [-0.15, -0.1) is 0 Å². The molecule has 2 aromatic rings. The molecule has 0 bridgehead atoms. The first-order chi connectivity index (χ1) is 13.1. The predicted octanol–water partition coefficient (Wildman–Crippen LogP) is 4.14. The van der Waals surface area contributed by atoms with Crippen molar-refractivity contribution in [1.29, 1.82) is 0 Å². The van der Waals surface area contributed by atoms with Crippen LogP contribution in [-0.4, -0.2) is 22.2 Å². The molecule has 5 nitrogen and oxygen atoms in total. The number of rotatable bonds is 7. The molecule has 1 fully saturated rings. The Morgan fingerprint density at radius 1 is 1.21 bits per heavy atom. The minimum Gasteiger partial charge on any atom is -0.356 e. The molecule has 0 radical (unpaired) electrons. The van der Waals surface area contributed by atoms with Crippen molar-refractivity contribution in [3.05, 3.63) is 69.7 Å². The standard InChI is InChI=1S/C19H19BrF2NO4P/c20-17-10-12(6-7-16(17)19(21,22)28(25,26)27)8-9-23-18(24)15-11-14(15)13-4-2-1-3-5-13/h1-7,10,14-15H,8-9,11H2,(H,23,24)(H2,25,26,27)/t14-,15+/m0/s1. The molecule has 2 aromatic carbocycles. The van der Waals surface area contributed by atoms with Crippen molar-refractivity contribution >= 4 is 29.4 Å². The summed E-state index contributed by atoms with van der Waals surface area (Å²) in [4.78, 5) is 29.9. The second-order valence-electron chi connectivity index (χ2n) is 6.80. The molecule has 1 aliphatic carbocycles. The Kier molecular flexibility index (Phi) is 6.05. The van der Waals surface area contributed by atoms with E-state index < -0.39 is 18.8 Å². The van der Waals surface area contributed by atoms with Gasteiger partial charge in [0.25, 0.3) is 0 Å². The topological polar surface area (TPSA) is 86.6 Å². The first-order valence-corrected chi connectivity index (χ1v) is 11.1. The van der Waals surface area contributed by atoms with Crippen molar-refractivity contribution in [3.63, 3.8) is 0 Å². The molecule has 3 rings (SSSR count). The van der Waals surface area contributed by atoms with Gasteiger partial charge in [0.05, 0.1) is 0 Å². The van der Waals surface area contributed by atoms with Gasteiger partial charge in [-0.2, -0.15) is 8.78 Å². The van der Waals surface area contributed by atoms with Crippen LogP contribution in [0, 0.1) is 5.92 Å². The predicted molar refractivity (Wildman–Crippen MR) is 104 cm³/mol. The Morgan fingerprint density at radius 3 is 2.50 bits per heavy atom. The normalized spacial score (nSPS) is 19.3. The Balaban J connectivity index is 1.54. The number of nitrogens with one attached hydrogen (secondary N) is 1. The molecule has 0 unspecified atom stereocenters. The number of benzene rings is 2. The first-order valence-electron chi connectivity index (χ1n) is 8.66. The second-order valence-corrected chi connectivity index (χ2v) is 9.30. The Hall–Kier alpha value is -1.60. The molecule has 0 aliphatic heterocycles. The zero-order valence-electron chi connectivity index (χ0n) is 14.7. The van der Waals surface area contributed by atoms with Crippen molar-refractivity contribution in [3.8, 4) is 0 Å². The maximum Gasteiger partial charge on any atom is 0.399 e. The van der Waals surface area contributed by atoms with Crippen LogP contribution in [-0.2, 0) is 21.4 Å². The molecule has 1 amide bonds. The maximum absolute atomic E-state index is 13.8. The average molecular weight is 474 g/mol. The van der Waals surface area contributed by atoms with Crippen molar-refractivity contribution < 1.29 is 27.9 Å². The van der Waals surface area contributed by atoms with Crippen LogP contribution in [0.5, 0.6) is 0 Å². The van der Waals surface area contributed by atoms with Gasteiger partial charge in [0.1, 0.15) is 0 Å². The highest BCUT2D eigenvalue weighted by atomic mass is 79.9. The summed E-state index contributed by atoms with van der Waals surface area (Å²) in [5.41, 5.74) is -3.23. The lowest BCUT2D eigenvalue weighted by molar-refractivity contribution is -0.122. The third kappa shape index (κ3) is 4.51. The fraction of sp³-hybridized carbons (Fsp3) is 0.316. The summed E-state index contributed by atoms with van der Waals surface area (Å²) in [6.45, 7) is 0.345. The lowest BCUT2D eigenvalue weighted by Gasteiger charge is -2.19. The average Bonchev–Trinajstić information content (AvgIpc) is 3.42. The van der Waals surface area contributed by atoms with Crippen LogP contribution < -0.4 is 5.32 Å². The number of hydrogen-bond donors (Lipinski definition) is 3. The molecular weight excluding hydrogens is 455 g/mol. The molecule has 0 saturated heterocycles. The molecule has 9 heteroatoms. The molecule has 28 heavy (non-hydrogen) atoms. The van der Waals surface area contributed by atoms with Crippen LogP contribution >= 0.6 is 23.5 Å². The number of alkyl halides is 2. The lowest BCUT2D eigenvalue weighted by atomic mass is 10.1. The van der Waals surface area contributed by atoms with E-state index in [9.17, 15) is 18.1 Å². The zero-order valence-corrected chi connectivity index (χ0v) is 17.2. The first kappa shape index (κ1) is 21.1. The Labute approximate surface area is 169 Å². The van der Waals surface area contributed by atoms with Gasteiger partial charge in [-0.25, -0.2) is 0 Å². The number of amides is 1. The molecular formula is C19H19BrF2NO4P. The van der Waals surface area contributed by atoms with Crippen LogP contribution in [0.1, 0.15) is 29.0 Å². The zero-order chi connectivity index (χ0) is 20.5. The van der Waals surface area contributed by atoms with Crippen molar-refractivity contribution in [1.82, 2.24) is 5.32 Å². The molecule has 150 valence electrons. The van der Waals surface area contributed by atoms with E-state index in [1.807, 2.05) is 30.3 Å². The summed E-state index contributed by atoms with van der Waals surface area (Å²) in [5, 5.41) is 2.85. The monoisotopic (exact) mass is 473 g/mol. The van der Waals surface area contributed by atoms with E-state index in [0.29, 0.717) is 18.5 Å². The second kappa shape index (κ2) is 8.03. The van der Waals surface area contributed by atoms with Crippen LogP contribution in [0.3, 0.4) is 0 Å². The van der Waals surface area contributed by atoms with Crippen molar-refractivity contribution in [2.75, 3.05) is 6.54 Å². The minimum atomic E-state index is -5.62. The van der Waals surface area contributed by atoms with Crippen molar-refractivity contribution in [2.24, 2.45) is 5.92 Å². The highest BCUT2D eigenvalue weighted by Gasteiger charge is 2.51. The smallest absolute Gasteiger partial charge is 0.356 e. The van der Waals surface area contributed by atoms with E-state index in [0.717, 1.165) is 18.1 Å². The van der Waals surface area contributed by atoms with Gasteiger partial charge in [-0.1, -0.05) is 58.4 Å². The van der Waals surface area contributed by atoms with Crippen LogP contribution in [0.15, 0.2) is 53.0 Å². The fourth-order valence-electron chi connectivity index (χ4n) is 3.13. The summed E-state index contributed by atoms with van der Waals surface area (Å²) >= 11 is 2.95. The largest absolute Gasteiger partial charge is 0.399 e. The third-order valence-corrected chi connectivity index (χ3v) is 6.42. The van der Waals surface area contributed by atoms with Gasteiger partial charge in [0, 0.05) is 22.5 Å². The molecule has 1 aliphatic rings. The molecule has 0 heterocycles. The quantitative estimate of drug-likeness (QED) is 0.527. The van der Waals surface area contributed by atoms with E-state index >= 15 is 0 Å². The summed E-state index contributed by atoms with van der Waals surface area (Å²) in [5.74, 6) is 0.167. The number of carbonyl (C=O) groups excluding carboxylic acids is 1. The number of halogens is 3. The number of carbonyl (C=O) groups is 1. The van der Waals surface area contributed by atoms with E-state index in [1.165, 1.54) is 12.1 Å². The highest BCUT2D eigenvalue weighted by molar-refractivity contribution is 9.10. The fourth-order valence-corrected chi connectivity index (χ4v) is 4.47. The van der Waals surface area contributed by atoms with E-state index in [-0.39, 0.29) is 22.2 Å². The highest BCUT2D eigenvalue weighted by Crippen LogP contribution is 2.60. The summed E-state index contributed by atoms with van der Waals surface area (Å²) in [6, 6.07) is 13.6.